The van der Waals surface area contributed by atoms with Gasteiger partial charge in [0.25, 0.3) is 0 Å². The Labute approximate surface area is 89.1 Å². The second kappa shape index (κ2) is 5.01. The van der Waals surface area contributed by atoms with E-state index in [9.17, 15) is 4.79 Å². The second-order valence-corrected chi connectivity index (χ2v) is 3.32. The number of rotatable bonds is 2. The summed E-state index contributed by atoms with van der Waals surface area (Å²) in [4.78, 5) is 12.7. The minimum absolute atomic E-state index is 0.273. The molecule has 1 N–H and O–H groups in total. The Morgan fingerprint density at radius 2 is 2.00 bits per heavy atom. The molecule has 0 aliphatic carbocycles. The predicted molar refractivity (Wildman–Crippen MR) is 57.0 cm³/mol. The van der Waals surface area contributed by atoms with Crippen LogP contribution in [-0.2, 0) is 0 Å². The quantitative estimate of drug-likeness (QED) is 0.792. The number of amides is 2. The number of hydrogen-bond donors (Lipinski definition) is 1. The lowest BCUT2D eigenvalue weighted by molar-refractivity contribution is 0.215. The molecule has 1 unspecified atom stereocenters. The first-order valence-electron chi connectivity index (χ1n) is 4.57. The molecule has 2 amide bonds. The SMILES string of the molecule is CN(C)C(=O)NC(C#N)c1ccccc1. The van der Waals surface area contributed by atoms with Crippen molar-refractivity contribution in [1.82, 2.24) is 10.2 Å². The Bertz CT molecular complexity index is 367. The second-order valence-electron chi connectivity index (χ2n) is 3.32. The number of carbonyl (C=O) groups excluding carboxylic acids is 1. The van der Waals surface area contributed by atoms with Crippen LogP contribution in [0.15, 0.2) is 30.3 Å². The van der Waals surface area contributed by atoms with E-state index in [0.717, 1.165) is 5.56 Å². The number of benzene rings is 1. The third-order valence-corrected chi connectivity index (χ3v) is 1.94. The van der Waals surface area contributed by atoms with Crippen LogP contribution in [0.25, 0.3) is 0 Å². The first kappa shape index (κ1) is 11.1. The number of hydrogen-bond acceptors (Lipinski definition) is 2. The van der Waals surface area contributed by atoms with Gasteiger partial charge in [-0.1, -0.05) is 30.3 Å². The zero-order valence-corrected chi connectivity index (χ0v) is 8.77. The molecular weight excluding hydrogens is 190 g/mol. The van der Waals surface area contributed by atoms with Gasteiger partial charge in [0, 0.05) is 14.1 Å². The van der Waals surface area contributed by atoms with Crippen LogP contribution in [0.5, 0.6) is 0 Å². The van der Waals surface area contributed by atoms with Gasteiger partial charge in [-0.2, -0.15) is 5.26 Å². The summed E-state index contributed by atoms with van der Waals surface area (Å²) in [6.45, 7) is 0. The fourth-order valence-corrected chi connectivity index (χ4v) is 1.09. The summed E-state index contributed by atoms with van der Waals surface area (Å²) in [6, 6.07) is 10.3. The van der Waals surface area contributed by atoms with Crippen molar-refractivity contribution in [2.75, 3.05) is 14.1 Å². The van der Waals surface area contributed by atoms with Gasteiger partial charge >= 0.3 is 6.03 Å². The molecule has 1 aromatic rings. The molecule has 1 rings (SSSR count). The summed E-state index contributed by atoms with van der Waals surface area (Å²) in [6.07, 6.45) is 0. The number of urea groups is 1. The van der Waals surface area contributed by atoms with E-state index in [4.69, 9.17) is 5.26 Å². The van der Waals surface area contributed by atoms with Gasteiger partial charge in [0.15, 0.2) is 0 Å². The van der Waals surface area contributed by atoms with Gasteiger partial charge in [-0.05, 0) is 5.56 Å². The van der Waals surface area contributed by atoms with Gasteiger partial charge < -0.3 is 10.2 Å². The highest BCUT2D eigenvalue weighted by atomic mass is 16.2. The average Bonchev–Trinajstić information content (AvgIpc) is 2.26. The highest BCUT2D eigenvalue weighted by molar-refractivity contribution is 5.74. The van der Waals surface area contributed by atoms with Crippen molar-refractivity contribution in [3.05, 3.63) is 35.9 Å². The summed E-state index contributed by atoms with van der Waals surface area (Å²) in [5.74, 6) is 0. The van der Waals surface area contributed by atoms with Crippen molar-refractivity contribution >= 4 is 6.03 Å². The van der Waals surface area contributed by atoms with Gasteiger partial charge in [0.1, 0.15) is 6.04 Å². The van der Waals surface area contributed by atoms with Crippen molar-refractivity contribution in [2.45, 2.75) is 6.04 Å². The van der Waals surface area contributed by atoms with Crippen molar-refractivity contribution in [2.24, 2.45) is 0 Å². The molecule has 4 nitrogen and oxygen atoms in total. The number of nitriles is 1. The maximum Gasteiger partial charge on any atom is 0.318 e. The Kier molecular flexibility index (Phi) is 3.69. The van der Waals surface area contributed by atoms with Crippen LogP contribution >= 0.6 is 0 Å². The highest BCUT2D eigenvalue weighted by Gasteiger charge is 2.13. The average molecular weight is 203 g/mol. The zero-order chi connectivity index (χ0) is 11.3. The summed E-state index contributed by atoms with van der Waals surface area (Å²) in [5.41, 5.74) is 0.787. The van der Waals surface area contributed by atoms with Gasteiger partial charge in [-0.3, -0.25) is 0 Å². The van der Waals surface area contributed by atoms with Crippen molar-refractivity contribution < 1.29 is 4.79 Å². The van der Waals surface area contributed by atoms with E-state index in [1.54, 1.807) is 14.1 Å². The molecule has 0 saturated carbocycles. The molecule has 0 aliphatic heterocycles. The van der Waals surface area contributed by atoms with Gasteiger partial charge in [0.2, 0.25) is 0 Å². The van der Waals surface area contributed by atoms with Gasteiger partial charge in [-0.25, -0.2) is 4.79 Å². The summed E-state index contributed by atoms with van der Waals surface area (Å²) in [5, 5.41) is 11.5. The molecule has 0 fully saturated rings. The summed E-state index contributed by atoms with van der Waals surface area (Å²) < 4.78 is 0. The molecule has 0 aromatic heterocycles. The summed E-state index contributed by atoms with van der Waals surface area (Å²) >= 11 is 0. The molecular formula is C11H13N3O. The maximum atomic E-state index is 11.3. The lowest BCUT2D eigenvalue weighted by Crippen LogP contribution is -2.36. The Morgan fingerprint density at radius 1 is 1.40 bits per heavy atom. The fraction of sp³-hybridized carbons (Fsp3) is 0.273. The third-order valence-electron chi connectivity index (χ3n) is 1.94. The molecule has 0 spiro atoms. The molecule has 4 heteroatoms. The fourth-order valence-electron chi connectivity index (χ4n) is 1.09. The maximum absolute atomic E-state index is 11.3. The van der Waals surface area contributed by atoms with Crippen LogP contribution in [0.4, 0.5) is 4.79 Å². The lowest BCUT2D eigenvalue weighted by atomic mass is 10.1. The smallest absolute Gasteiger partial charge is 0.318 e. The van der Waals surface area contributed by atoms with E-state index in [-0.39, 0.29) is 6.03 Å². The van der Waals surface area contributed by atoms with Gasteiger partial charge in [-0.15, -0.1) is 0 Å². The van der Waals surface area contributed by atoms with Crippen LogP contribution in [-0.4, -0.2) is 25.0 Å². The topological polar surface area (TPSA) is 56.1 Å². The largest absolute Gasteiger partial charge is 0.331 e. The van der Waals surface area contributed by atoms with E-state index in [0.29, 0.717) is 0 Å². The molecule has 0 heterocycles. The number of carbonyl (C=O) groups is 1. The van der Waals surface area contributed by atoms with E-state index in [2.05, 4.69) is 5.32 Å². The van der Waals surface area contributed by atoms with Crippen molar-refractivity contribution in [3.8, 4) is 6.07 Å². The minimum Gasteiger partial charge on any atom is -0.331 e. The Morgan fingerprint density at radius 3 is 2.47 bits per heavy atom. The molecule has 0 saturated heterocycles. The van der Waals surface area contributed by atoms with E-state index in [1.807, 2.05) is 36.4 Å². The molecule has 78 valence electrons. The Balaban J connectivity index is 2.75. The van der Waals surface area contributed by atoms with Crippen LogP contribution in [0.1, 0.15) is 11.6 Å². The molecule has 15 heavy (non-hydrogen) atoms. The van der Waals surface area contributed by atoms with E-state index in [1.165, 1.54) is 4.90 Å². The van der Waals surface area contributed by atoms with Crippen LogP contribution in [0.2, 0.25) is 0 Å². The minimum atomic E-state index is -0.596. The first-order chi connectivity index (χ1) is 7.15. The summed E-state index contributed by atoms with van der Waals surface area (Å²) in [7, 11) is 3.27. The molecule has 0 aliphatic rings. The van der Waals surface area contributed by atoms with Crippen LogP contribution in [0.3, 0.4) is 0 Å². The van der Waals surface area contributed by atoms with Crippen LogP contribution in [0, 0.1) is 11.3 Å². The molecule has 1 atom stereocenters. The molecule has 0 bridgehead atoms. The van der Waals surface area contributed by atoms with E-state index < -0.39 is 6.04 Å². The van der Waals surface area contributed by atoms with Crippen molar-refractivity contribution in [1.29, 1.82) is 5.26 Å². The third kappa shape index (κ3) is 2.99. The standard InChI is InChI=1S/C11H13N3O/c1-14(2)11(15)13-10(8-12)9-6-4-3-5-7-9/h3-7,10H,1-2H3,(H,13,15). The number of nitrogens with one attached hydrogen (secondary N) is 1. The van der Waals surface area contributed by atoms with Crippen molar-refractivity contribution in [3.63, 3.8) is 0 Å². The predicted octanol–water partition coefficient (Wildman–Crippen LogP) is 1.52. The normalized spacial score (nSPS) is 11.3. The zero-order valence-electron chi connectivity index (χ0n) is 8.77. The van der Waals surface area contributed by atoms with Crippen LogP contribution < -0.4 is 5.32 Å². The Hall–Kier alpha value is -2.02. The van der Waals surface area contributed by atoms with Gasteiger partial charge in [0.05, 0.1) is 6.07 Å². The molecule has 1 aromatic carbocycles. The number of nitrogens with zero attached hydrogens (tertiary/aromatic N) is 2. The first-order valence-corrected chi connectivity index (χ1v) is 4.57. The molecule has 0 radical (unpaired) electrons. The monoisotopic (exact) mass is 203 g/mol. The lowest BCUT2D eigenvalue weighted by Gasteiger charge is -2.16. The highest BCUT2D eigenvalue weighted by Crippen LogP contribution is 2.10. The van der Waals surface area contributed by atoms with E-state index >= 15 is 0 Å².